The molecule has 0 amide bonds. The largest absolute Gasteiger partial charge is 0.0622 e. The predicted molar refractivity (Wildman–Crippen MR) is 55.4 cm³/mol. The van der Waals surface area contributed by atoms with Gasteiger partial charge in [-0.15, -0.1) is 0 Å². The van der Waals surface area contributed by atoms with Crippen molar-refractivity contribution in [3.05, 3.63) is 0 Å². The van der Waals surface area contributed by atoms with Crippen LogP contribution >= 0.6 is 0 Å². The van der Waals surface area contributed by atoms with Crippen molar-refractivity contribution in [3.8, 4) is 0 Å². The van der Waals surface area contributed by atoms with Crippen LogP contribution < -0.4 is 0 Å². The third-order valence-corrected chi connectivity index (χ3v) is 5.31. The van der Waals surface area contributed by atoms with Crippen LogP contribution in [-0.2, 0) is 0 Å². The highest BCUT2D eigenvalue weighted by molar-refractivity contribution is 4.97. The lowest BCUT2D eigenvalue weighted by Crippen LogP contribution is -2.45. The van der Waals surface area contributed by atoms with Gasteiger partial charge in [-0.1, -0.05) is 19.8 Å². The first kappa shape index (κ1) is 8.32. The van der Waals surface area contributed by atoms with Gasteiger partial charge in [-0.05, 0) is 61.7 Å². The molecule has 5 unspecified atom stereocenters. The minimum atomic E-state index is 1.06. The maximum absolute atomic E-state index is 2.53. The predicted octanol–water partition coefficient (Wildman–Crippen LogP) is 3.86. The molecule has 5 atom stereocenters. The first-order chi connectivity index (χ1) is 6.36. The topological polar surface area (TPSA) is 0 Å². The highest BCUT2D eigenvalue weighted by Crippen LogP contribution is 2.56. The van der Waals surface area contributed by atoms with Gasteiger partial charge in [0.15, 0.2) is 0 Å². The summed E-state index contributed by atoms with van der Waals surface area (Å²) in [5.74, 6) is 5.70. The zero-order chi connectivity index (χ0) is 8.84. The van der Waals surface area contributed by atoms with Crippen LogP contribution in [0.3, 0.4) is 0 Å². The SMILES string of the molecule is CC1CC2CCC2C2CCCCC12. The standard InChI is InChI=1S/C13H22/c1-9-8-10-6-7-12(10)13-5-3-2-4-11(9)13/h9-13H,2-8H2,1H3. The third-order valence-electron chi connectivity index (χ3n) is 5.31. The molecule has 0 bridgehead atoms. The molecule has 3 fully saturated rings. The fraction of sp³-hybridized carbons (Fsp3) is 1.00. The van der Waals surface area contributed by atoms with Crippen molar-refractivity contribution >= 4 is 0 Å². The first-order valence-electron chi connectivity index (χ1n) is 6.36. The van der Waals surface area contributed by atoms with Gasteiger partial charge in [-0.2, -0.15) is 0 Å². The Hall–Kier alpha value is 0. The monoisotopic (exact) mass is 178 g/mol. The number of rotatable bonds is 0. The summed E-state index contributed by atoms with van der Waals surface area (Å²) in [6.07, 6.45) is 10.9. The lowest BCUT2D eigenvalue weighted by molar-refractivity contribution is -0.0431. The summed E-state index contributed by atoms with van der Waals surface area (Å²) in [7, 11) is 0. The summed E-state index contributed by atoms with van der Waals surface area (Å²) in [6.45, 7) is 2.53. The molecule has 3 aliphatic carbocycles. The van der Waals surface area contributed by atoms with Gasteiger partial charge < -0.3 is 0 Å². The zero-order valence-electron chi connectivity index (χ0n) is 8.84. The van der Waals surface area contributed by atoms with E-state index in [0.717, 1.165) is 23.7 Å². The second-order valence-corrected chi connectivity index (χ2v) is 5.83. The van der Waals surface area contributed by atoms with Gasteiger partial charge in [0.1, 0.15) is 0 Å². The molecule has 3 saturated carbocycles. The van der Waals surface area contributed by atoms with Crippen LogP contribution in [0.2, 0.25) is 0 Å². The maximum atomic E-state index is 2.53. The summed E-state index contributed by atoms with van der Waals surface area (Å²) in [5.41, 5.74) is 0. The number of hydrogen-bond donors (Lipinski definition) is 0. The zero-order valence-corrected chi connectivity index (χ0v) is 8.84. The molecule has 0 spiro atoms. The Bertz CT molecular complexity index is 196. The van der Waals surface area contributed by atoms with Crippen molar-refractivity contribution in [2.75, 3.05) is 0 Å². The van der Waals surface area contributed by atoms with E-state index in [4.69, 9.17) is 0 Å². The Morgan fingerprint density at radius 2 is 1.54 bits per heavy atom. The Labute approximate surface area is 82.1 Å². The molecule has 0 heterocycles. The highest BCUT2D eigenvalue weighted by atomic mass is 14.5. The molecule has 3 rings (SSSR count). The summed E-state index contributed by atoms with van der Waals surface area (Å²) in [6, 6.07) is 0. The van der Waals surface area contributed by atoms with Crippen molar-refractivity contribution in [3.63, 3.8) is 0 Å². The van der Waals surface area contributed by atoms with E-state index in [1.807, 2.05) is 0 Å². The molecule has 13 heavy (non-hydrogen) atoms. The van der Waals surface area contributed by atoms with Crippen LogP contribution in [0.25, 0.3) is 0 Å². The van der Waals surface area contributed by atoms with E-state index in [1.54, 1.807) is 32.1 Å². The molecule has 0 radical (unpaired) electrons. The summed E-state index contributed by atoms with van der Waals surface area (Å²) < 4.78 is 0. The van der Waals surface area contributed by atoms with Gasteiger partial charge in [0.2, 0.25) is 0 Å². The molecule has 0 heteroatoms. The van der Waals surface area contributed by atoms with E-state index in [-0.39, 0.29) is 0 Å². The Morgan fingerprint density at radius 3 is 2.23 bits per heavy atom. The fourth-order valence-corrected chi connectivity index (χ4v) is 4.53. The van der Waals surface area contributed by atoms with Crippen molar-refractivity contribution in [2.45, 2.75) is 51.9 Å². The smallest absolute Gasteiger partial charge is 0.0352 e. The van der Waals surface area contributed by atoms with Gasteiger partial charge in [-0.3, -0.25) is 0 Å². The molecule has 0 N–H and O–H groups in total. The van der Waals surface area contributed by atoms with E-state index < -0.39 is 0 Å². The molecule has 3 aliphatic rings. The minimum Gasteiger partial charge on any atom is -0.0622 e. The lowest BCUT2D eigenvalue weighted by atomic mass is 9.51. The average molecular weight is 178 g/mol. The van der Waals surface area contributed by atoms with Crippen LogP contribution in [0.15, 0.2) is 0 Å². The highest BCUT2D eigenvalue weighted by Gasteiger charge is 2.47. The lowest BCUT2D eigenvalue weighted by Gasteiger charge is -2.54. The summed E-state index contributed by atoms with van der Waals surface area (Å²) in [4.78, 5) is 0. The summed E-state index contributed by atoms with van der Waals surface area (Å²) in [5, 5.41) is 0. The fourth-order valence-electron chi connectivity index (χ4n) is 4.53. The molecule has 0 nitrogen and oxygen atoms in total. The van der Waals surface area contributed by atoms with E-state index in [9.17, 15) is 0 Å². The Balaban J connectivity index is 1.79. The second-order valence-electron chi connectivity index (χ2n) is 5.83. The van der Waals surface area contributed by atoms with E-state index in [0.29, 0.717) is 0 Å². The quantitative estimate of drug-likeness (QED) is 0.528. The molecule has 0 aromatic heterocycles. The molecule has 0 saturated heterocycles. The first-order valence-corrected chi connectivity index (χ1v) is 6.36. The molecular weight excluding hydrogens is 156 g/mol. The Morgan fingerprint density at radius 1 is 0.769 bits per heavy atom. The molecule has 0 aliphatic heterocycles. The van der Waals surface area contributed by atoms with Gasteiger partial charge >= 0.3 is 0 Å². The van der Waals surface area contributed by atoms with Crippen LogP contribution in [0.5, 0.6) is 0 Å². The van der Waals surface area contributed by atoms with Gasteiger partial charge in [0.05, 0.1) is 0 Å². The molecule has 0 aromatic rings. The van der Waals surface area contributed by atoms with Crippen molar-refractivity contribution in [2.24, 2.45) is 29.6 Å². The van der Waals surface area contributed by atoms with Crippen LogP contribution in [-0.4, -0.2) is 0 Å². The van der Waals surface area contributed by atoms with Crippen molar-refractivity contribution < 1.29 is 0 Å². The number of fused-ring (bicyclic) bond motifs is 3. The van der Waals surface area contributed by atoms with E-state index >= 15 is 0 Å². The molecule has 0 aromatic carbocycles. The van der Waals surface area contributed by atoms with Crippen LogP contribution in [0, 0.1) is 29.6 Å². The normalized spacial score (nSPS) is 54.7. The van der Waals surface area contributed by atoms with Crippen molar-refractivity contribution in [1.82, 2.24) is 0 Å². The van der Waals surface area contributed by atoms with Crippen LogP contribution in [0.4, 0.5) is 0 Å². The van der Waals surface area contributed by atoms with Crippen LogP contribution in [0.1, 0.15) is 51.9 Å². The third kappa shape index (κ3) is 1.17. The molecular formula is C13H22. The summed E-state index contributed by atoms with van der Waals surface area (Å²) >= 11 is 0. The maximum Gasteiger partial charge on any atom is -0.0352 e. The number of hydrogen-bond acceptors (Lipinski definition) is 0. The second kappa shape index (κ2) is 3.00. The van der Waals surface area contributed by atoms with Gasteiger partial charge in [-0.25, -0.2) is 0 Å². The average Bonchev–Trinajstić information content (AvgIpc) is 2.11. The molecule has 74 valence electrons. The Kier molecular flexibility index (Phi) is 1.92. The minimum absolute atomic E-state index is 1.06. The van der Waals surface area contributed by atoms with Gasteiger partial charge in [0.25, 0.3) is 0 Å². The van der Waals surface area contributed by atoms with E-state index in [2.05, 4.69) is 6.92 Å². The van der Waals surface area contributed by atoms with Crippen molar-refractivity contribution in [1.29, 1.82) is 0 Å². The van der Waals surface area contributed by atoms with E-state index in [1.165, 1.54) is 18.8 Å². The van der Waals surface area contributed by atoms with Gasteiger partial charge in [0, 0.05) is 0 Å².